The summed E-state index contributed by atoms with van der Waals surface area (Å²) in [7, 11) is 2.22. The van der Waals surface area contributed by atoms with Gasteiger partial charge in [0.1, 0.15) is 6.10 Å². The van der Waals surface area contributed by atoms with E-state index < -0.39 is 0 Å². The van der Waals surface area contributed by atoms with Gasteiger partial charge in [-0.2, -0.15) is 0 Å². The predicted molar refractivity (Wildman–Crippen MR) is 175 cm³/mol. The molecule has 0 radical (unpaired) electrons. The van der Waals surface area contributed by atoms with Crippen LogP contribution in [0.5, 0.6) is 0 Å². The molecule has 244 valence electrons. The fourth-order valence-corrected chi connectivity index (χ4v) is 13.1. The Bertz CT molecular complexity index is 1120. The van der Waals surface area contributed by atoms with E-state index in [1.807, 2.05) is 0 Å². The molecular weight excluding hydrogens is 532 g/mol. The molecule has 0 aromatic heterocycles. The van der Waals surface area contributed by atoms with Crippen molar-refractivity contribution in [2.24, 2.45) is 50.7 Å². The summed E-state index contributed by atoms with van der Waals surface area (Å²) in [5, 5.41) is 12.2. The third-order valence-corrected chi connectivity index (χ3v) is 15.6. The Kier molecular flexibility index (Phi) is 8.07. The molecule has 6 aliphatic rings. The molecule has 0 aromatic carbocycles. The summed E-state index contributed by atoms with van der Waals surface area (Å²) in [6, 6.07) is 0. The zero-order valence-electron chi connectivity index (χ0n) is 29.2. The summed E-state index contributed by atoms with van der Waals surface area (Å²) in [4.78, 5) is 17.0. The molecule has 1 N–H and O–H groups in total. The number of aliphatic hydroxyl groups is 1. The number of likely N-dealkylation sites (N-methyl/N-ethyl adjacent to an activating group) is 1. The summed E-state index contributed by atoms with van der Waals surface area (Å²) >= 11 is 0. The molecule has 1 aliphatic heterocycles. The highest BCUT2D eigenvalue weighted by molar-refractivity contribution is 5.66. The van der Waals surface area contributed by atoms with Gasteiger partial charge < -0.3 is 14.7 Å². The van der Waals surface area contributed by atoms with E-state index in [1.54, 1.807) is 18.1 Å². The van der Waals surface area contributed by atoms with Crippen molar-refractivity contribution < 1.29 is 14.6 Å². The largest absolute Gasteiger partial charge is 0.462 e. The van der Waals surface area contributed by atoms with Crippen molar-refractivity contribution in [2.45, 2.75) is 132 Å². The van der Waals surface area contributed by atoms with E-state index in [0.717, 1.165) is 52.0 Å². The SMILES string of the molecule is CC(=O)O[C@H]1CC[C@@]2(C)[C@H](CC[C@]3(C)[C@@H]2CC[C@@H]2C4=C(C(C)C)CC[C@]4(C(O)CN4CCN(C)CC4)CC[C@]23C)C1(C)C. The van der Waals surface area contributed by atoms with Crippen LogP contribution in [-0.2, 0) is 9.53 Å². The normalized spacial score (nSPS) is 45.7. The second-order valence-corrected chi connectivity index (χ2v) is 17.9. The lowest BCUT2D eigenvalue weighted by Crippen LogP contribution is -2.66. The van der Waals surface area contributed by atoms with Gasteiger partial charge in [-0.1, -0.05) is 59.6 Å². The number of carbonyl (C=O) groups excluding carboxylic acids is 1. The van der Waals surface area contributed by atoms with Gasteiger partial charge in [0.25, 0.3) is 0 Å². The van der Waals surface area contributed by atoms with Crippen molar-refractivity contribution in [3.8, 4) is 0 Å². The number of fused-ring (bicyclic) bond motifs is 7. The molecule has 1 unspecified atom stereocenters. The van der Waals surface area contributed by atoms with Gasteiger partial charge in [-0.3, -0.25) is 9.69 Å². The molecule has 5 aliphatic carbocycles. The molecule has 43 heavy (non-hydrogen) atoms. The minimum Gasteiger partial charge on any atom is -0.462 e. The third-order valence-electron chi connectivity index (χ3n) is 15.6. The van der Waals surface area contributed by atoms with Crippen LogP contribution < -0.4 is 0 Å². The lowest BCUT2D eigenvalue weighted by molar-refractivity contribution is -0.234. The number of aliphatic hydroxyl groups excluding tert-OH is 1. The first-order chi connectivity index (χ1) is 20.1. The first kappa shape index (κ1) is 32.0. The number of piperazine rings is 1. The molecule has 1 saturated heterocycles. The van der Waals surface area contributed by atoms with Crippen molar-refractivity contribution in [1.82, 2.24) is 9.80 Å². The number of nitrogens with zero attached hydrogens (tertiary/aromatic N) is 2. The maximum Gasteiger partial charge on any atom is 0.302 e. The van der Waals surface area contributed by atoms with Crippen LogP contribution in [0.15, 0.2) is 11.1 Å². The van der Waals surface area contributed by atoms with Gasteiger partial charge in [-0.05, 0) is 111 Å². The highest BCUT2D eigenvalue weighted by Gasteiger charge is 2.70. The fraction of sp³-hybridized carbons (Fsp3) is 0.921. The lowest BCUT2D eigenvalue weighted by atomic mass is 9.33. The van der Waals surface area contributed by atoms with Gasteiger partial charge in [0, 0.05) is 50.5 Å². The van der Waals surface area contributed by atoms with Crippen LogP contribution in [0.1, 0.15) is 120 Å². The van der Waals surface area contributed by atoms with E-state index in [1.165, 1.54) is 44.9 Å². The number of rotatable bonds is 5. The van der Waals surface area contributed by atoms with Crippen LogP contribution in [0, 0.1) is 50.7 Å². The molecule has 0 bridgehead atoms. The Morgan fingerprint density at radius 2 is 1.58 bits per heavy atom. The Morgan fingerprint density at radius 1 is 0.884 bits per heavy atom. The first-order valence-electron chi connectivity index (χ1n) is 18.1. The fourth-order valence-electron chi connectivity index (χ4n) is 13.1. The standard InChI is InChI=1S/C38H64N2O3/c1-25(2)27-12-17-38(31(42)24-40-22-20-39(9)21-23-40)19-18-36(7)28(33(27)38)10-11-30-35(6)15-14-32(43-26(3)41)34(4,5)29(35)13-16-37(30,36)8/h25,28-32,42H,10-24H2,1-9H3/t28-,29-,30-,31?,32+,35+,36-,37-,38-/m1/s1. The van der Waals surface area contributed by atoms with Gasteiger partial charge in [0.15, 0.2) is 0 Å². The van der Waals surface area contributed by atoms with Crippen LogP contribution in [0.25, 0.3) is 0 Å². The molecular formula is C38H64N2O3. The topological polar surface area (TPSA) is 53.0 Å². The molecule has 5 nitrogen and oxygen atoms in total. The number of allylic oxidation sites excluding steroid dienone is 1. The maximum atomic E-state index is 12.2. The van der Waals surface area contributed by atoms with Crippen molar-refractivity contribution in [3.63, 3.8) is 0 Å². The average Bonchev–Trinajstić information content (AvgIpc) is 3.33. The number of β-amino-alcohol motifs (C(OH)–C–C–N with tert-alkyl or cyclic N) is 1. The van der Waals surface area contributed by atoms with E-state index in [2.05, 4.69) is 65.3 Å². The van der Waals surface area contributed by atoms with Gasteiger partial charge >= 0.3 is 5.97 Å². The van der Waals surface area contributed by atoms with Crippen LogP contribution in [0.3, 0.4) is 0 Å². The second-order valence-electron chi connectivity index (χ2n) is 17.9. The Labute approximate surface area is 263 Å². The summed E-state index contributed by atoms with van der Waals surface area (Å²) in [6.07, 6.45) is 11.8. The minimum absolute atomic E-state index is 0.00559. The Hall–Kier alpha value is -0.910. The van der Waals surface area contributed by atoms with Crippen molar-refractivity contribution in [3.05, 3.63) is 11.1 Å². The second kappa shape index (κ2) is 10.8. The van der Waals surface area contributed by atoms with Crippen LogP contribution in [0.4, 0.5) is 0 Å². The summed E-state index contributed by atoms with van der Waals surface area (Å²) in [5.41, 5.74) is 4.26. The molecule has 5 heteroatoms. The van der Waals surface area contributed by atoms with Crippen LogP contribution in [-0.4, -0.2) is 72.9 Å². The predicted octanol–water partition coefficient (Wildman–Crippen LogP) is 7.33. The van der Waals surface area contributed by atoms with Crippen LogP contribution in [0.2, 0.25) is 0 Å². The van der Waals surface area contributed by atoms with Crippen LogP contribution >= 0.6 is 0 Å². The van der Waals surface area contributed by atoms with Gasteiger partial charge in [-0.15, -0.1) is 0 Å². The lowest BCUT2D eigenvalue weighted by Gasteiger charge is -2.72. The highest BCUT2D eigenvalue weighted by Crippen LogP contribution is 2.77. The average molecular weight is 597 g/mol. The van der Waals surface area contributed by atoms with Crippen molar-refractivity contribution in [1.29, 1.82) is 0 Å². The summed E-state index contributed by atoms with van der Waals surface area (Å²) < 4.78 is 5.97. The number of esters is 1. The van der Waals surface area contributed by atoms with Crippen molar-refractivity contribution >= 4 is 5.97 Å². The first-order valence-corrected chi connectivity index (χ1v) is 18.1. The Balaban J connectivity index is 1.32. The van der Waals surface area contributed by atoms with Gasteiger partial charge in [0.05, 0.1) is 6.10 Å². The molecule has 9 atom stereocenters. The zero-order valence-corrected chi connectivity index (χ0v) is 29.2. The highest BCUT2D eigenvalue weighted by atomic mass is 16.5. The zero-order chi connectivity index (χ0) is 31.2. The van der Waals surface area contributed by atoms with E-state index in [4.69, 9.17) is 4.74 Å². The number of hydrogen-bond acceptors (Lipinski definition) is 5. The molecule has 4 saturated carbocycles. The minimum atomic E-state index is -0.261. The number of carbonyl (C=O) groups is 1. The molecule has 5 fully saturated rings. The molecule has 1 heterocycles. The molecule has 0 spiro atoms. The Morgan fingerprint density at radius 3 is 2.23 bits per heavy atom. The molecule has 6 rings (SSSR count). The van der Waals surface area contributed by atoms with Gasteiger partial charge in [-0.25, -0.2) is 0 Å². The third kappa shape index (κ3) is 4.66. The van der Waals surface area contributed by atoms with E-state index >= 15 is 0 Å². The van der Waals surface area contributed by atoms with Crippen molar-refractivity contribution in [2.75, 3.05) is 39.8 Å². The summed E-state index contributed by atoms with van der Waals surface area (Å²) in [5.74, 6) is 2.31. The smallest absolute Gasteiger partial charge is 0.302 e. The maximum absolute atomic E-state index is 12.2. The number of hydrogen-bond donors (Lipinski definition) is 1. The van der Waals surface area contributed by atoms with E-state index in [9.17, 15) is 9.90 Å². The molecule has 0 aromatic rings. The summed E-state index contributed by atoms with van der Waals surface area (Å²) in [6.45, 7) is 24.5. The quantitative estimate of drug-likeness (QED) is 0.266. The van der Waals surface area contributed by atoms with E-state index in [0.29, 0.717) is 23.7 Å². The monoisotopic (exact) mass is 596 g/mol. The number of ether oxygens (including phenoxy) is 1. The van der Waals surface area contributed by atoms with E-state index in [-0.39, 0.29) is 45.3 Å². The molecule has 0 amide bonds. The van der Waals surface area contributed by atoms with Gasteiger partial charge in [0.2, 0.25) is 0 Å².